The molecule has 0 bridgehead atoms. The van der Waals surface area contributed by atoms with Crippen molar-refractivity contribution in [3.63, 3.8) is 0 Å². The van der Waals surface area contributed by atoms with E-state index in [2.05, 4.69) is 6.07 Å². The Morgan fingerprint density at radius 2 is 1.70 bits per heavy atom. The quantitative estimate of drug-likeness (QED) is 0.753. The Kier molecular flexibility index (Phi) is 6.03. The summed E-state index contributed by atoms with van der Waals surface area (Å²) in [6.45, 7) is 4.99. The van der Waals surface area contributed by atoms with Crippen LogP contribution in [0.5, 0.6) is 11.5 Å². The topological polar surface area (TPSA) is 55.8 Å². The molecule has 23 heavy (non-hydrogen) atoms. The fourth-order valence-corrected chi connectivity index (χ4v) is 2.18. The van der Waals surface area contributed by atoms with Crippen molar-refractivity contribution in [3.8, 4) is 11.5 Å². The number of hydrogen-bond acceptors (Lipinski definition) is 3. The highest BCUT2D eigenvalue weighted by Crippen LogP contribution is 2.19. The van der Waals surface area contributed by atoms with E-state index in [1.165, 1.54) is 5.56 Å². The maximum absolute atomic E-state index is 10.5. The lowest BCUT2D eigenvalue weighted by Gasteiger charge is -2.11. The molecule has 0 fully saturated rings. The Labute approximate surface area is 136 Å². The molecule has 0 saturated heterocycles. The van der Waals surface area contributed by atoms with Crippen LogP contribution in [0.15, 0.2) is 42.5 Å². The summed E-state index contributed by atoms with van der Waals surface area (Å²) in [6.07, 6.45) is 0.676. The number of benzene rings is 2. The molecular formula is C19H22O4. The first-order valence-electron chi connectivity index (χ1n) is 7.68. The minimum atomic E-state index is -0.783. The third-order valence-electron chi connectivity index (χ3n) is 3.50. The Bertz CT molecular complexity index is 647. The van der Waals surface area contributed by atoms with Crippen molar-refractivity contribution in [2.75, 3.05) is 13.2 Å². The minimum Gasteiger partial charge on any atom is -0.490 e. The van der Waals surface area contributed by atoms with E-state index in [-0.39, 0.29) is 6.42 Å². The summed E-state index contributed by atoms with van der Waals surface area (Å²) >= 11 is 0. The molecule has 2 rings (SSSR count). The number of ether oxygens (including phenoxy) is 2. The van der Waals surface area contributed by atoms with Gasteiger partial charge >= 0.3 is 5.97 Å². The van der Waals surface area contributed by atoms with Gasteiger partial charge in [-0.2, -0.15) is 0 Å². The summed E-state index contributed by atoms with van der Waals surface area (Å²) in [6, 6.07) is 13.6. The molecule has 4 heteroatoms. The average Bonchev–Trinajstić information content (AvgIpc) is 2.53. The minimum absolute atomic E-state index is 0.143. The summed E-state index contributed by atoms with van der Waals surface area (Å²) in [7, 11) is 0. The fourth-order valence-electron chi connectivity index (χ4n) is 2.18. The maximum atomic E-state index is 10.5. The van der Waals surface area contributed by atoms with Gasteiger partial charge in [0, 0.05) is 6.42 Å². The first-order chi connectivity index (χ1) is 11.0. The number of carboxylic acids is 1. The zero-order valence-corrected chi connectivity index (χ0v) is 13.5. The molecular weight excluding hydrogens is 292 g/mol. The molecule has 0 amide bonds. The molecule has 0 aliphatic rings. The van der Waals surface area contributed by atoms with E-state index < -0.39 is 5.97 Å². The third-order valence-corrected chi connectivity index (χ3v) is 3.50. The number of aryl methyl sites for hydroxylation is 3. The van der Waals surface area contributed by atoms with Gasteiger partial charge in [0.1, 0.15) is 24.7 Å². The van der Waals surface area contributed by atoms with E-state index in [0.29, 0.717) is 19.6 Å². The van der Waals surface area contributed by atoms with Crippen LogP contribution in [-0.2, 0) is 11.2 Å². The molecule has 0 heterocycles. The first-order valence-corrected chi connectivity index (χ1v) is 7.68. The Morgan fingerprint density at radius 1 is 1.00 bits per heavy atom. The van der Waals surface area contributed by atoms with Gasteiger partial charge in [-0.05, 0) is 55.2 Å². The molecule has 0 spiro atoms. The Morgan fingerprint density at radius 3 is 2.39 bits per heavy atom. The monoisotopic (exact) mass is 314 g/mol. The molecule has 0 radical (unpaired) electrons. The van der Waals surface area contributed by atoms with Crippen molar-refractivity contribution in [1.29, 1.82) is 0 Å². The molecule has 4 nitrogen and oxygen atoms in total. The van der Waals surface area contributed by atoms with Crippen LogP contribution in [0.1, 0.15) is 23.1 Å². The van der Waals surface area contributed by atoms with Crippen LogP contribution in [-0.4, -0.2) is 24.3 Å². The SMILES string of the molecule is Cc1ccc(C)c(OCCOc2ccc(CCC(=O)O)cc2)c1. The van der Waals surface area contributed by atoms with Crippen molar-refractivity contribution in [2.45, 2.75) is 26.7 Å². The van der Waals surface area contributed by atoms with E-state index in [1.54, 1.807) is 0 Å². The fraction of sp³-hybridized carbons (Fsp3) is 0.316. The molecule has 2 aromatic rings. The summed E-state index contributed by atoms with van der Waals surface area (Å²) in [4.78, 5) is 10.5. The lowest BCUT2D eigenvalue weighted by Crippen LogP contribution is -2.09. The number of carboxylic acid groups (broad SMARTS) is 1. The number of hydrogen-bond donors (Lipinski definition) is 1. The van der Waals surface area contributed by atoms with Crippen LogP contribution in [0.4, 0.5) is 0 Å². The summed E-state index contributed by atoms with van der Waals surface area (Å²) < 4.78 is 11.4. The smallest absolute Gasteiger partial charge is 0.303 e. The predicted octanol–water partition coefficient (Wildman–Crippen LogP) is 3.78. The highest BCUT2D eigenvalue weighted by atomic mass is 16.5. The van der Waals surface area contributed by atoms with Gasteiger partial charge in [0.05, 0.1) is 0 Å². The summed E-state index contributed by atoms with van der Waals surface area (Å²) in [5, 5.41) is 8.66. The van der Waals surface area contributed by atoms with Crippen molar-refractivity contribution in [2.24, 2.45) is 0 Å². The highest BCUT2D eigenvalue weighted by molar-refractivity contribution is 5.67. The second-order valence-electron chi connectivity index (χ2n) is 5.50. The molecule has 0 saturated carbocycles. The van der Waals surface area contributed by atoms with Crippen molar-refractivity contribution in [3.05, 3.63) is 59.2 Å². The van der Waals surface area contributed by atoms with E-state index in [1.807, 2.05) is 50.2 Å². The zero-order valence-electron chi connectivity index (χ0n) is 13.5. The third kappa shape index (κ3) is 5.66. The van der Waals surface area contributed by atoms with Gasteiger partial charge in [-0.3, -0.25) is 4.79 Å². The van der Waals surface area contributed by atoms with Gasteiger partial charge in [0.15, 0.2) is 0 Å². The van der Waals surface area contributed by atoms with Crippen molar-refractivity contribution >= 4 is 5.97 Å². The summed E-state index contributed by atoms with van der Waals surface area (Å²) in [5.41, 5.74) is 3.27. The average molecular weight is 314 g/mol. The summed E-state index contributed by atoms with van der Waals surface area (Å²) in [5.74, 6) is 0.861. The Hall–Kier alpha value is -2.49. The zero-order chi connectivity index (χ0) is 16.7. The van der Waals surface area contributed by atoms with Gasteiger partial charge in [-0.25, -0.2) is 0 Å². The lowest BCUT2D eigenvalue weighted by atomic mass is 10.1. The number of rotatable bonds is 8. The van der Waals surface area contributed by atoms with Crippen LogP contribution in [0.25, 0.3) is 0 Å². The predicted molar refractivity (Wildman–Crippen MR) is 89.3 cm³/mol. The molecule has 122 valence electrons. The molecule has 0 unspecified atom stereocenters. The molecule has 0 atom stereocenters. The van der Waals surface area contributed by atoms with Crippen LogP contribution in [0.3, 0.4) is 0 Å². The highest BCUT2D eigenvalue weighted by Gasteiger charge is 2.02. The van der Waals surface area contributed by atoms with Gasteiger partial charge < -0.3 is 14.6 Å². The normalized spacial score (nSPS) is 10.3. The second-order valence-corrected chi connectivity index (χ2v) is 5.50. The maximum Gasteiger partial charge on any atom is 0.303 e. The Balaban J connectivity index is 1.75. The van der Waals surface area contributed by atoms with Crippen LogP contribution < -0.4 is 9.47 Å². The largest absolute Gasteiger partial charge is 0.490 e. The van der Waals surface area contributed by atoms with Crippen molar-refractivity contribution in [1.82, 2.24) is 0 Å². The van der Waals surface area contributed by atoms with E-state index in [4.69, 9.17) is 14.6 Å². The first kappa shape index (κ1) is 16.9. The number of carbonyl (C=O) groups is 1. The van der Waals surface area contributed by atoms with Crippen LogP contribution in [0, 0.1) is 13.8 Å². The van der Waals surface area contributed by atoms with Gasteiger partial charge in [-0.15, -0.1) is 0 Å². The van der Waals surface area contributed by atoms with Crippen molar-refractivity contribution < 1.29 is 19.4 Å². The molecule has 1 N–H and O–H groups in total. The molecule has 2 aromatic carbocycles. The molecule has 0 aromatic heterocycles. The van der Waals surface area contributed by atoms with Crippen LogP contribution in [0.2, 0.25) is 0 Å². The van der Waals surface area contributed by atoms with E-state index >= 15 is 0 Å². The van der Waals surface area contributed by atoms with Gasteiger partial charge in [-0.1, -0.05) is 24.3 Å². The van der Waals surface area contributed by atoms with Crippen LogP contribution >= 0.6 is 0 Å². The van der Waals surface area contributed by atoms with E-state index in [0.717, 1.165) is 22.6 Å². The lowest BCUT2D eigenvalue weighted by molar-refractivity contribution is -0.136. The second kappa shape index (κ2) is 8.22. The van der Waals surface area contributed by atoms with E-state index in [9.17, 15) is 4.79 Å². The molecule has 0 aliphatic carbocycles. The van der Waals surface area contributed by atoms with Gasteiger partial charge in [0.2, 0.25) is 0 Å². The standard InChI is InChI=1S/C19H22O4/c1-14-3-4-15(2)18(13-14)23-12-11-22-17-8-5-16(6-9-17)7-10-19(20)21/h3-6,8-9,13H,7,10-12H2,1-2H3,(H,20,21). The van der Waals surface area contributed by atoms with Gasteiger partial charge in [0.25, 0.3) is 0 Å². The molecule has 0 aliphatic heterocycles. The number of aliphatic carboxylic acids is 1.